The highest BCUT2D eigenvalue weighted by Crippen LogP contribution is 2.21. The molecule has 0 spiro atoms. The Balaban J connectivity index is 2.37. The van der Waals surface area contributed by atoms with Crippen LogP contribution < -0.4 is 5.32 Å². The van der Waals surface area contributed by atoms with E-state index in [4.69, 9.17) is 0 Å². The molecule has 17 heavy (non-hydrogen) atoms. The van der Waals surface area contributed by atoms with Gasteiger partial charge in [-0.15, -0.1) is 0 Å². The van der Waals surface area contributed by atoms with Gasteiger partial charge in [-0.3, -0.25) is 19.8 Å². The predicted molar refractivity (Wildman–Crippen MR) is 55.4 cm³/mol. The van der Waals surface area contributed by atoms with Crippen LogP contribution in [0.15, 0.2) is 24.3 Å². The monoisotopic (exact) mass is 236 g/mol. The van der Waals surface area contributed by atoms with Crippen molar-refractivity contribution in [1.29, 1.82) is 0 Å². The highest BCUT2D eigenvalue weighted by molar-refractivity contribution is 6.19. The Bertz CT molecular complexity index is 498. The van der Waals surface area contributed by atoms with Crippen LogP contribution in [0.3, 0.4) is 0 Å². The van der Waals surface area contributed by atoms with E-state index in [1.54, 1.807) is 0 Å². The third-order valence-electron chi connectivity index (χ3n) is 2.58. The highest BCUT2D eigenvalue weighted by atomic mass is 19.1. The fraction of sp³-hybridized carbons (Fsp3) is 0.182. The molecule has 1 heterocycles. The van der Waals surface area contributed by atoms with E-state index in [0.29, 0.717) is 5.56 Å². The summed E-state index contributed by atoms with van der Waals surface area (Å²) in [6.07, 6.45) is 0. The Morgan fingerprint density at radius 3 is 2.35 bits per heavy atom. The Morgan fingerprint density at radius 1 is 1.18 bits per heavy atom. The molecule has 1 aromatic carbocycles. The summed E-state index contributed by atoms with van der Waals surface area (Å²) in [6.45, 7) is 0. The molecule has 0 saturated carbocycles. The molecule has 1 aromatic rings. The standard InChI is InChI=1S/C11H9FN2O3/c1-14-10(16)8(9(15)13-11(14)17)6-2-4-7(12)5-3-6/h2-5,8H,1H3,(H,13,15,17). The number of rotatable bonds is 1. The second-order valence-corrected chi connectivity index (χ2v) is 3.68. The van der Waals surface area contributed by atoms with Crippen LogP contribution in [0.4, 0.5) is 9.18 Å². The topological polar surface area (TPSA) is 66.5 Å². The molecule has 1 aliphatic rings. The summed E-state index contributed by atoms with van der Waals surface area (Å²) in [5.74, 6) is -2.87. The van der Waals surface area contributed by atoms with Crippen molar-refractivity contribution in [2.75, 3.05) is 7.05 Å². The first-order valence-corrected chi connectivity index (χ1v) is 4.88. The number of barbiturate groups is 1. The molecule has 88 valence electrons. The van der Waals surface area contributed by atoms with Gasteiger partial charge in [0, 0.05) is 7.05 Å². The van der Waals surface area contributed by atoms with Gasteiger partial charge in [0.1, 0.15) is 11.7 Å². The fourth-order valence-electron chi connectivity index (χ4n) is 1.62. The smallest absolute Gasteiger partial charge is 0.277 e. The first-order chi connectivity index (χ1) is 8.00. The maximum atomic E-state index is 12.7. The maximum absolute atomic E-state index is 12.7. The van der Waals surface area contributed by atoms with E-state index in [9.17, 15) is 18.8 Å². The molecule has 1 atom stereocenters. The van der Waals surface area contributed by atoms with Crippen molar-refractivity contribution in [3.05, 3.63) is 35.6 Å². The van der Waals surface area contributed by atoms with Crippen molar-refractivity contribution >= 4 is 17.8 Å². The van der Waals surface area contributed by atoms with Crippen LogP contribution in [0.25, 0.3) is 0 Å². The predicted octanol–water partition coefficient (Wildman–Crippen LogP) is 0.617. The van der Waals surface area contributed by atoms with Crippen LogP contribution in [0.1, 0.15) is 11.5 Å². The van der Waals surface area contributed by atoms with Crippen molar-refractivity contribution in [2.45, 2.75) is 5.92 Å². The number of imide groups is 2. The molecule has 1 unspecified atom stereocenters. The minimum absolute atomic E-state index is 0.355. The molecule has 1 saturated heterocycles. The molecule has 1 aliphatic heterocycles. The van der Waals surface area contributed by atoms with Gasteiger partial charge in [0.15, 0.2) is 0 Å². The van der Waals surface area contributed by atoms with E-state index in [-0.39, 0.29) is 0 Å². The van der Waals surface area contributed by atoms with E-state index in [2.05, 4.69) is 5.32 Å². The van der Waals surface area contributed by atoms with Crippen LogP contribution >= 0.6 is 0 Å². The van der Waals surface area contributed by atoms with Crippen LogP contribution in [0.2, 0.25) is 0 Å². The zero-order valence-electron chi connectivity index (χ0n) is 8.94. The lowest BCUT2D eigenvalue weighted by Crippen LogP contribution is -2.55. The van der Waals surface area contributed by atoms with Gasteiger partial charge < -0.3 is 0 Å². The maximum Gasteiger partial charge on any atom is 0.330 e. The highest BCUT2D eigenvalue weighted by Gasteiger charge is 2.39. The Morgan fingerprint density at radius 2 is 1.76 bits per heavy atom. The Hall–Kier alpha value is -2.24. The van der Waals surface area contributed by atoms with Gasteiger partial charge in [-0.2, -0.15) is 0 Å². The normalized spacial score (nSPS) is 20.5. The molecule has 0 bridgehead atoms. The van der Waals surface area contributed by atoms with Crippen molar-refractivity contribution in [1.82, 2.24) is 10.2 Å². The molecule has 1 fully saturated rings. The number of hydrogen-bond donors (Lipinski definition) is 1. The number of likely N-dealkylation sites (N-methyl/N-ethyl adjacent to an activating group) is 1. The number of urea groups is 1. The zero-order chi connectivity index (χ0) is 12.6. The van der Waals surface area contributed by atoms with Gasteiger partial charge in [-0.25, -0.2) is 9.18 Å². The zero-order valence-corrected chi connectivity index (χ0v) is 8.94. The fourth-order valence-corrected chi connectivity index (χ4v) is 1.62. The molecular formula is C11H9FN2O3. The van der Waals surface area contributed by atoms with Crippen LogP contribution in [-0.4, -0.2) is 29.8 Å². The third-order valence-corrected chi connectivity index (χ3v) is 2.58. The molecule has 2 rings (SSSR count). The van der Waals surface area contributed by atoms with Gasteiger partial charge in [-0.05, 0) is 17.7 Å². The average Bonchev–Trinajstić information content (AvgIpc) is 2.29. The summed E-state index contributed by atoms with van der Waals surface area (Å²) in [4.78, 5) is 35.3. The molecule has 5 nitrogen and oxygen atoms in total. The van der Waals surface area contributed by atoms with E-state index < -0.39 is 29.6 Å². The van der Waals surface area contributed by atoms with E-state index in [1.165, 1.54) is 19.2 Å². The molecule has 0 aromatic heterocycles. The summed E-state index contributed by atoms with van der Waals surface area (Å²) >= 11 is 0. The lowest BCUT2D eigenvalue weighted by Gasteiger charge is -2.27. The number of carbonyl (C=O) groups is 3. The molecule has 0 aliphatic carbocycles. The van der Waals surface area contributed by atoms with Crippen LogP contribution in [0.5, 0.6) is 0 Å². The average molecular weight is 236 g/mol. The van der Waals surface area contributed by atoms with Crippen molar-refractivity contribution < 1.29 is 18.8 Å². The minimum atomic E-state index is -1.10. The largest absolute Gasteiger partial charge is 0.330 e. The summed E-state index contributed by atoms with van der Waals surface area (Å²) in [7, 11) is 1.28. The first-order valence-electron chi connectivity index (χ1n) is 4.88. The Labute approximate surface area is 96.2 Å². The number of nitrogens with zero attached hydrogens (tertiary/aromatic N) is 1. The second-order valence-electron chi connectivity index (χ2n) is 3.68. The summed E-state index contributed by atoms with van der Waals surface area (Å²) < 4.78 is 12.7. The second kappa shape index (κ2) is 3.97. The molecular weight excluding hydrogens is 227 g/mol. The summed E-state index contributed by atoms with van der Waals surface area (Å²) in [6, 6.07) is 4.26. The minimum Gasteiger partial charge on any atom is -0.277 e. The van der Waals surface area contributed by atoms with Gasteiger partial charge in [0.25, 0.3) is 0 Å². The summed E-state index contributed by atoms with van der Waals surface area (Å²) in [5, 5.41) is 2.06. The summed E-state index contributed by atoms with van der Waals surface area (Å²) in [5.41, 5.74) is 0.355. The number of halogens is 1. The van der Waals surface area contributed by atoms with Crippen LogP contribution in [0, 0.1) is 5.82 Å². The van der Waals surface area contributed by atoms with Gasteiger partial charge >= 0.3 is 6.03 Å². The number of nitrogens with one attached hydrogen (secondary N) is 1. The number of hydrogen-bond acceptors (Lipinski definition) is 3. The van der Waals surface area contributed by atoms with E-state index in [1.807, 2.05) is 0 Å². The number of benzene rings is 1. The van der Waals surface area contributed by atoms with Gasteiger partial charge in [-0.1, -0.05) is 12.1 Å². The third kappa shape index (κ3) is 1.89. The molecule has 6 heteroatoms. The lowest BCUT2D eigenvalue weighted by atomic mass is 9.95. The van der Waals surface area contributed by atoms with E-state index in [0.717, 1.165) is 17.0 Å². The molecule has 0 radical (unpaired) electrons. The number of amides is 4. The van der Waals surface area contributed by atoms with Gasteiger partial charge in [0.2, 0.25) is 11.8 Å². The van der Waals surface area contributed by atoms with Gasteiger partial charge in [0.05, 0.1) is 0 Å². The van der Waals surface area contributed by atoms with Crippen molar-refractivity contribution in [2.24, 2.45) is 0 Å². The molecule has 4 amide bonds. The molecule has 1 N–H and O–H groups in total. The Kier molecular flexibility index (Phi) is 2.63. The lowest BCUT2D eigenvalue weighted by molar-refractivity contribution is -0.137. The van der Waals surface area contributed by atoms with Crippen molar-refractivity contribution in [3.63, 3.8) is 0 Å². The van der Waals surface area contributed by atoms with Crippen molar-refractivity contribution in [3.8, 4) is 0 Å². The SMILES string of the molecule is CN1C(=O)NC(=O)C(c2ccc(F)cc2)C1=O. The number of carbonyl (C=O) groups excluding carboxylic acids is 3. The quantitative estimate of drug-likeness (QED) is 0.727. The van der Waals surface area contributed by atoms with E-state index >= 15 is 0 Å². The van der Waals surface area contributed by atoms with Crippen LogP contribution in [-0.2, 0) is 9.59 Å². The first kappa shape index (κ1) is 11.3.